The number of para-hydroxylation sites is 1. The molecule has 2 aromatic heterocycles. The molecule has 1 atom stereocenters. The highest BCUT2D eigenvalue weighted by Crippen LogP contribution is 2.25. The van der Waals surface area contributed by atoms with Gasteiger partial charge in [0.25, 0.3) is 5.56 Å². The molecule has 4 N–H and O–H groups in total. The third-order valence-corrected chi connectivity index (χ3v) is 5.96. The summed E-state index contributed by atoms with van der Waals surface area (Å²) in [6.45, 7) is 4.54. The molecule has 9 nitrogen and oxygen atoms in total. The van der Waals surface area contributed by atoms with Gasteiger partial charge in [-0.15, -0.1) is 0 Å². The van der Waals surface area contributed by atoms with Crippen LogP contribution in [0.3, 0.4) is 0 Å². The van der Waals surface area contributed by atoms with Gasteiger partial charge in [-0.05, 0) is 37.5 Å². The topological polar surface area (TPSA) is 124 Å². The fourth-order valence-corrected chi connectivity index (χ4v) is 4.21. The highest BCUT2D eigenvalue weighted by molar-refractivity contribution is 5.81. The maximum absolute atomic E-state index is 13.2. The number of nitrogens with zero attached hydrogens (tertiary/aromatic N) is 3. The number of nitrogens with one attached hydrogen (secondary N) is 2. The average molecular weight is 449 g/mol. The zero-order valence-electron chi connectivity index (χ0n) is 19.0. The molecule has 1 unspecified atom stereocenters. The lowest BCUT2D eigenvalue weighted by atomic mass is 10.1. The van der Waals surface area contributed by atoms with Gasteiger partial charge in [0.1, 0.15) is 29.1 Å². The molecule has 0 fully saturated rings. The largest absolute Gasteiger partial charge is 0.496 e. The molecule has 1 aliphatic rings. The van der Waals surface area contributed by atoms with Gasteiger partial charge in [-0.3, -0.25) is 14.2 Å². The number of carbonyl (C=O) groups excluding carboxylic acids is 1. The van der Waals surface area contributed by atoms with Gasteiger partial charge >= 0.3 is 0 Å². The number of ether oxygens (including phenoxy) is 1. The molecule has 9 heteroatoms. The number of amides is 1. The Morgan fingerprint density at radius 3 is 2.79 bits per heavy atom. The molecule has 33 heavy (non-hydrogen) atoms. The highest BCUT2D eigenvalue weighted by atomic mass is 16.5. The molecule has 3 aromatic rings. The number of rotatable bonds is 7. The van der Waals surface area contributed by atoms with Crippen molar-refractivity contribution in [2.24, 2.45) is 0 Å². The van der Waals surface area contributed by atoms with Crippen molar-refractivity contribution in [1.29, 1.82) is 0 Å². The molecular formula is C24H28N6O3. The van der Waals surface area contributed by atoms with E-state index in [2.05, 4.69) is 20.6 Å². The van der Waals surface area contributed by atoms with Crippen LogP contribution in [0.15, 0.2) is 41.3 Å². The van der Waals surface area contributed by atoms with Crippen molar-refractivity contribution in [3.05, 3.63) is 75.1 Å². The van der Waals surface area contributed by atoms with Crippen LogP contribution in [0.5, 0.6) is 5.75 Å². The van der Waals surface area contributed by atoms with Gasteiger partial charge < -0.3 is 21.1 Å². The first-order chi connectivity index (χ1) is 15.9. The van der Waals surface area contributed by atoms with Crippen molar-refractivity contribution in [2.75, 3.05) is 18.2 Å². The summed E-state index contributed by atoms with van der Waals surface area (Å²) in [6, 6.07) is 8.81. The lowest BCUT2D eigenvalue weighted by molar-refractivity contribution is -0.124. The summed E-state index contributed by atoms with van der Waals surface area (Å²) in [7, 11) is 1.63. The van der Waals surface area contributed by atoms with Crippen molar-refractivity contribution >= 4 is 17.4 Å². The Kier molecular flexibility index (Phi) is 6.30. The number of anilines is 2. The number of aryl methyl sites for hydroxylation is 3. The molecule has 0 saturated heterocycles. The Morgan fingerprint density at radius 2 is 2.03 bits per heavy atom. The molecule has 4 rings (SSSR count). The van der Waals surface area contributed by atoms with E-state index < -0.39 is 6.04 Å². The third-order valence-electron chi connectivity index (χ3n) is 5.96. The summed E-state index contributed by atoms with van der Waals surface area (Å²) >= 11 is 0. The van der Waals surface area contributed by atoms with Gasteiger partial charge in [0.05, 0.1) is 13.3 Å². The predicted octanol–water partition coefficient (Wildman–Crippen LogP) is 2.26. The second-order valence-corrected chi connectivity index (χ2v) is 8.14. The van der Waals surface area contributed by atoms with E-state index in [-0.39, 0.29) is 11.5 Å². The van der Waals surface area contributed by atoms with Crippen LogP contribution in [0.1, 0.15) is 40.7 Å². The Balaban J connectivity index is 1.50. The maximum atomic E-state index is 13.2. The van der Waals surface area contributed by atoms with E-state index in [1.54, 1.807) is 19.4 Å². The molecule has 1 amide bonds. The molecule has 0 aliphatic carbocycles. The second kappa shape index (κ2) is 9.32. The number of nitrogen functional groups attached to an aromatic ring is 1. The van der Waals surface area contributed by atoms with Gasteiger partial charge in [-0.25, -0.2) is 9.97 Å². The summed E-state index contributed by atoms with van der Waals surface area (Å²) < 4.78 is 6.99. The zero-order valence-corrected chi connectivity index (χ0v) is 19.0. The third kappa shape index (κ3) is 4.52. The van der Waals surface area contributed by atoms with E-state index in [1.807, 2.05) is 38.1 Å². The number of nitrogens with two attached hydrogens (primary N) is 1. The molecule has 3 heterocycles. The van der Waals surface area contributed by atoms with Crippen LogP contribution in [-0.4, -0.2) is 27.6 Å². The standard InChI is InChI=1S/C24H28N6O3/c1-14-5-4-6-17(22(14)33-3)12-26-18-13-27-21-10-8-19(30(21)24(18)32)23(31)28-11-16-7-9-20(25)29-15(16)2/h4-7,9,13,19,26H,8,10-12H2,1-3H3,(H2,25,29)(H,28,31). The Hall–Kier alpha value is -3.88. The molecular weight excluding hydrogens is 420 g/mol. The first kappa shape index (κ1) is 22.3. The number of methoxy groups -OCH3 is 1. The van der Waals surface area contributed by atoms with E-state index in [9.17, 15) is 9.59 Å². The second-order valence-electron chi connectivity index (χ2n) is 8.14. The van der Waals surface area contributed by atoms with Crippen LogP contribution in [0.2, 0.25) is 0 Å². The smallest absolute Gasteiger partial charge is 0.277 e. The maximum Gasteiger partial charge on any atom is 0.277 e. The minimum atomic E-state index is -0.600. The van der Waals surface area contributed by atoms with Crippen LogP contribution in [0.4, 0.5) is 11.5 Å². The van der Waals surface area contributed by atoms with Crippen LogP contribution in [-0.2, 0) is 24.3 Å². The highest BCUT2D eigenvalue weighted by Gasteiger charge is 2.31. The number of aromatic nitrogens is 3. The quantitative estimate of drug-likeness (QED) is 0.506. The number of benzene rings is 1. The average Bonchev–Trinajstić information content (AvgIpc) is 3.23. The van der Waals surface area contributed by atoms with Crippen LogP contribution < -0.4 is 26.7 Å². The van der Waals surface area contributed by atoms with E-state index in [0.717, 1.165) is 28.1 Å². The van der Waals surface area contributed by atoms with Crippen LogP contribution >= 0.6 is 0 Å². The summed E-state index contributed by atoms with van der Waals surface area (Å²) in [5.74, 6) is 1.62. The number of hydrogen-bond donors (Lipinski definition) is 3. The van der Waals surface area contributed by atoms with Crippen molar-refractivity contribution < 1.29 is 9.53 Å². The number of carbonyl (C=O) groups is 1. The molecule has 0 radical (unpaired) electrons. The lowest BCUT2D eigenvalue weighted by Gasteiger charge is -2.17. The van der Waals surface area contributed by atoms with E-state index >= 15 is 0 Å². The zero-order chi connectivity index (χ0) is 23.5. The first-order valence-electron chi connectivity index (χ1n) is 10.9. The monoisotopic (exact) mass is 448 g/mol. The predicted molar refractivity (Wildman–Crippen MR) is 126 cm³/mol. The van der Waals surface area contributed by atoms with Crippen molar-refractivity contribution in [3.8, 4) is 5.75 Å². The molecule has 1 aliphatic heterocycles. The van der Waals surface area contributed by atoms with Gasteiger partial charge in [-0.2, -0.15) is 0 Å². The van der Waals surface area contributed by atoms with E-state index in [4.69, 9.17) is 10.5 Å². The van der Waals surface area contributed by atoms with Gasteiger partial charge in [0.2, 0.25) is 5.91 Å². The SMILES string of the molecule is COc1c(C)cccc1CNc1cnc2n(c1=O)C(C(=O)NCc1ccc(N)nc1C)CC2. The molecule has 0 spiro atoms. The first-order valence-corrected chi connectivity index (χ1v) is 10.9. The number of hydrogen-bond acceptors (Lipinski definition) is 7. The summed E-state index contributed by atoms with van der Waals surface area (Å²) in [5, 5.41) is 6.09. The Labute approximate surface area is 192 Å². The summed E-state index contributed by atoms with van der Waals surface area (Å²) in [5.41, 5.74) is 9.38. The number of fused-ring (bicyclic) bond motifs is 1. The van der Waals surface area contributed by atoms with Crippen molar-refractivity contribution in [3.63, 3.8) is 0 Å². The normalized spacial score (nSPS) is 14.6. The molecule has 0 bridgehead atoms. The van der Waals surface area contributed by atoms with Crippen LogP contribution in [0, 0.1) is 13.8 Å². The molecule has 1 aromatic carbocycles. The van der Waals surface area contributed by atoms with Gasteiger partial charge in [-0.1, -0.05) is 24.3 Å². The van der Waals surface area contributed by atoms with Gasteiger partial charge in [0.15, 0.2) is 0 Å². The van der Waals surface area contributed by atoms with Gasteiger partial charge in [0, 0.05) is 30.8 Å². The fraction of sp³-hybridized carbons (Fsp3) is 0.333. The van der Waals surface area contributed by atoms with E-state index in [0.29, 0.717) is 43.3 Å². The fourth-order valence-electron chi connectivity index (χ4n) is 4.21. The minimum absolute atomic E-state index is 0.216. The molecule has 0 saturated carbocycles. The Morgan fingerprint density at radius 1 is 1.21 bits per heavy atom. The van der Waals surface area contributed by atoms with Crippen LogP contribution in [0.25, 0.3) is 0 Å². The van der Waals surface area contributed by atoms with Crippen molar-refractivity contribution in [2.45, 2.75) is 45.8 Å². The minimum Gasteiger partial charge on any atom is -0.496 e. The lowest BCUT2D eigenvalue weighted by Crippen LogP contribution is -2.36. The van der Waals surface area contributed by atoms with E-state index in [1.165, 1.54) is 4.57 Å². The summed E-state index contributed by atoms with van der Waals surface area (Å²) in [6.07, 6.45) is 2.64. The summed E-state index contributed by atoms with van der Waals surface area (Å²) in [4.78, 5) is 34.8. The molecule has 172 valence electrons. The number of pyridine rings is 1. The van der Waals surface area contributed by atoms with Crippen molar-refractivity contribution in [1.82, 2.24) is 19.9 Å². The Bertz CT molecular complexity index is 1250.